The van der Waals surface area contributed by atoms with Gasteiger partial charge in [0.1, 0.15) is 0 Å². The van der Waals surface area contributed by atoms with E-state index >= 15 is 0 Å². The van der Waals surface area contributed by atoms with Crippen LogP contribution >= 0.6 is 0 Å². The zero-order valence-electron chi connectivity index (χ0n) is 30.2. The van der Waals surface area contributed by atoms with E-state index in [1.54, 1.807) is 0 Å². The van der Waals surface area contributed by atoms with Gasteiger partial charge >= 0.3 is 0 Å². The maximum atomic E-state index is 12.5. The van der Waals surface area contributed by atoms with Crippen molar-refractivity contribution in [2.45, 2.75) is 77.3 Å². The summed E-state index contributed by atoms with van der Waals surface area (Å²) in [6.07, 6.45) is 7.52. The summed E-state index contributed by atoms with van der Waals surface area (Å²) < 4.78 is 0. The number of rotatable bonds is 12. The van der Waals surface area contributed by atoms with Crippen molar-refractivity contribution in [2.75, 3.05) is 49.1 Å². The van der Waals surface area contributed by atoms with E-state index < -0.39 is 0 Å². The Morgan fingerprint density at radius 3 is 1.10 bits per heavy atom. The third kappa shape index (κ3) is 10.9. The normalized spacial score (nSPS) is 15.9. The fourth-order valence-electron chi connectivity index (χ4n) is 7.30. The lowest BCUT2D eigenvalue weighted by atomic mass is 10.0. The number of nitrogens with zero attached hydrogens (tertiary/aromatic N) is 4. The number of likely N-dealkylation sites (tertiary alicyclic amines) is 2. The third-order valence-electron chi connectivity index (χ3n) is 10.2. The van der Waals surface area contributed by atoms with Gasteiger partial charge in [-0.2, -0.15) is 0 Å². The number of para-hydroxylation sites is 2. The Morgan fingerprint density at radius 2 is 0.800 bits per heavy atom. The highest BCUT2D eigenvalue weighted by molar-refractivity contribution is 5.94. The van der Waals surface area contributed by atoms with Gasteiger partial charge in [-0.3, -0.25) is 9.59 Å². The smallest absolute Gasteiger partial charge is 0.226 e. The van der Waals surface area contributed by atoms with Crippen LogP contribution in [-0.4, -0.2) is 73.0 Å². The van der Waals surface area contributed by atoms with Crippen molar-refractivity contribution in [3.8, 4) is 0 Å². The number of hydrogen-bond donors (Lipinski definition) is 0. The van der Waals surface area contributed by atoms with E-state index in [-0.39, 0.29) is 11.8 Å². The predicted molar refractivity (Wildman–Crippen MR) is 208 cm³/mol. The molecule has 0 atom stereocenters. The fourth-order valence-corrected chi connectivity index (χ4v) is 7.30. The molecule has 0 aromatic heterocycles. The Bertz CT molecular complexity index is 1420. The molecule has 2 fully saturated rings. The first-order valence-corrected chi connectivity index (χ1v) is 18.8. The topological polar surface area (TPSA) is 47.1 Å². The molecule has 4 aromatic carbocycles. The zero-order valence-corrected chi connectivity index (χ0v) is 30.2. The molecule has 0 radical (unpaired) electrons. The number of hydrogen-bond acceptors (Lipinski definition) is 4. The first-order chi connectivity index (χ1) is 24.6. The summed E-state index contributed by atoms with van der Waals surface area (Å²) in [6.45, 7) is 10.4. The summed E-state index contributed by atoms with van der Waals surface area (Å²) in [6, 6.07) is 42.3. The molecule has 0 aliphatic carbocycles. The highest BCUT2D eigenvalue weighted by atomic mass is 16.2. The fraction of sp³-hybridized carbons (Fsp3) is 0.409. The van der Waals surface area contributed by atoms with Crippen molar-refractivity contribution in [1.29, 1.82) is 0 Å². The van der Waals surface area contributed by atoms with Gasteiger partial charge in [0, 0.05) is 75.6 Å². The Labute approximate surface area is 300 Å². The van der Waals surface area contributed by atoms with Crippen LogP contribution in [0.5, 0.6) is 0 Å². The Morgan fingerprint density at radius 1 is 0.500 bits per heavy atom. The zero-order chi connectivity index (χ0) is 35.0. The van der Waals surface area contributed by atoms with Crippen LogP contribution in [0.3, 0.4) is 0 Å². The Balaban J connectivity index is 0.000000194. The van der Waals surface area contributed by atoms with Gasteiger partial charge in [-0.05, 0) is 73.9 Å². The average Bonchev–Trinajstić information content (AvgIpc) is 3.19. The molecule has 0 saturated carbocycles. The lowest BCUT2D eigenvalue weighted by Crippen LogP contribution is -2.47. The standard InChI is InChI=1S/2C22H28N2O/c2*1-2-22(25)24(20-11-7-4-8-12-20)21-14-17-23(18-15-21)16-13-19-9-5-3-6-10-19/h2*3-12,21H,2,13-18H2,1H3. The average molecular weight is 673 g/mol. The Hall–Kier alpha value is -4.26. The largest absolute Gasteiger partial charge is 0.309 e. The molecule has 2 amide bonds. The molecule has 2 saturated heterocycles. The lowest BCUT2D eigenvalue weighted by molar-refractivity contribution is -0.119. The Kier molecular flexibility index (Phi) is 14.7. The lowest BCUT2D eigenvalue weighted by Gasteiger charge is -2.38. The van der Waals surface area contributed by atoms with E-state index in [4.69, 9.17) is 0 Å². The van der Waals surface area contributed by atoms with Crippen LogP contribution in [0.15, 0.2) is 121 Å². The van der Waals surface area contributed by atoms with E-state index in [2.05, 4.69) is 94.7 Å². The van der Waals surface area contributed by atoms with E-state index in [1.807, 2.05) is 60.0 Å². The van der Waals surface area contributed by atoms with Gasteiger partial charge < -0.3 is 19.6 Å². The number of benzene rings is 4. The van der Waals surface area contributed by atoms with Crippen LogP contribution in [-0.2, 0) is 22.4 Å². The highest BCUT2D eigenvalue weighted by Crippen LogP contribution is 2.26. The van der Waals surface area contributed by atoms with Crippen molar-refractivity contribution < 1.29 is 9.59 Å². The van der Waals surface area contributed by atoms with Gasteiger partial charge in [0.2, 0.25) is 11.8 Å². The molecule has 2 heterocycles. The molecular formula is C44H56N4O2. The molecule has 4 aromatic rings. The summed E-state index contributed by atoms with van der Waals surface area (Å²) in [7, 11) is 0. The minimum Gasteiger partial charge on any atom is -0.309 e. The molecule has 2 aliphatic rings. The number of carbonyl (C=O) groups excluding carboxylic acids is 2. The minimum absolute atomic E-state index is 0.230. The summed E-state index contributed by atoms with van der Waals surface area (Å²) in [5.74, 6) is 0.461. The van der Waals surface area contributed by atoms with Crippen LogP contribution in [0.4, 0.5) is 11.4 Å². The summed E-state index contributed by atoms with van der Waals surface area (Å²) in [5.41, 5.74) is 4.88. The molecule has 0 unspecified atom stereocenters. The second-order valence-corrected chi connectivity index (χ2v) is 13.5. The number of anilines is 2. The van der Waals surface area contributed by atoms with Crippen LogP contribution < -0.4 is 9.80 Å². The van der Waals surface area contributed by atoms with Crippen LogP contribution in [0, 0.1) is 0 Å². The number of amides is 2. The van der Waals surface area contributed by atoms with Gasteiger partial charge in [0.15, 0.2) is 0 Å². The molecule has 0 bridgehead atoms. The second kappa shape index (κ2) is 19.8. The summed E-state index contributed by atoms with van der Waals surface area (Å²) >= 11 is 0. The van der Waals surface area contributed by atoms with Crippen molar-refractivity contribution in [3.05, 3.63) is 132 Å². The van der Waals surface area contributed by atoms with Gasteiger partial charge in [0.25, 0.3) is 0 Å². The maximum Gasteiger partial charge on any atom is 0.226 e. The van der Waals surface area contributed by atoms with Crippen LogP contribution in [0.25, 0.3) is 0 Å². The summed E-state index contributed by atoms with van der Waals surface area (Å²) in [5, 5.41) is 0. The minimum atomic E-state index is 0.230. The van der Waals surface area contributed by atoms with Crippen LogP contribution in [0.1, 0.15) is 63.5 Å². The second-order valence-electron chi connectivity index (χ2n) is 13.5. The van der Waals surface area contributed by atoms with E-state index in [0.29, 0.717) is 24.9 Å². The molecule has 264 valence electrons. The first kappa shape index (κ1) is 37.0. The van der Waals surface area contributed by atoms with Gasteiger partial charge in [-0.1, -0.05) is 111 Å². The molecule has 50 heavy (non-hydrogen) atoms. The van der Waals surface area contributed by atoms with Gasteiger partial charge in [-0.25, -0.2) is 0 Å². The van der Waals surface area contributed by atoms with Crippen LogP contribution in [0.2, 0.25) is 0 Å². The van der Waals surface area contributed by atoms with E-state index in [0.717, 1.165) is 89.2 Å². The van der Waals surface area contributed by atoms with Crippen molar-refractivity contribution in [1.82, 2.24) is 9.80 Å². The molecular weight excluding hydrogens is 617 g/mol. The molecule has 0 spiro atoms. The number of carbonyl (C=O) groups is 2. The quantitative estimate of drug-likeness (QED) is 0.152. The van der Waals surface area contributed by atoms with E-state index in [9.17, 15) is 9.59 Å². The predicted octanol–water partition coefficient (Wildman–Crippen LogP) is 8.27. The summed E-state index contributed by atoms with van der Waals surface area (Å²) in [4.78, 5) is 34.2. The molecule has 6 heteroatoms. The first-order valence-electron chi connectivity index (χ1n) is 18.8. The van der Waals surface area contributed by atoms with Crippen molar-refractivity contribution >= 4 is 23.2 Å². The third-order valence-corrected chi connectivity index (χ3v) is 10.2. The van der Waals surface area contributed by atoms with E-state index in [1.165, 1.54) is 11.1 Å². The van der Waals surface area contributed by atoms with Crippen molar-refractivity contribution in [2.24, 2.45) is 0 Å². The monoisotopic (exact) mass is 672 g/mol. The highest BCUT2D eigenvalue weighted by Gasteiger charge is 2.29. The SMILES string of the molecule is CCC(=O)N(c1ccccc1)C1CCN(CCc2ccccc2)CC1.CCC(=O)N(c1ccccc1)C1CCN(CCc2ccccc2)CC1. The van der Waals surface area contributed by atoms with Gasteiger partial charge in [0.05, 0.1) is 0 Å². The molecule has 2 aliphatic heterocycles. The number of piperidine rings is 2. The molecule has 6 nitrogen and oxygen atoms in total. The molecule has 6 rings (SSSR count). The maximum absolute atomic E-state index is 12.5. The van der Waals surface area contributed by atoms with Crippen molar-refractivity contribution in [3.63, 3.8) is 0 Å². The molecule has 0 N–H and O–H groups in total. The van der Waals surface area contributed by atoms with Gasteiger partial charge in [-0.15, -0.1) is 0 Å².